The molecule has 4 saturated carbocycles. The number of aliphatic carboxylic acids is 1. The smallest absolute Gasteiger partial charge is 0.308 e. The van der Waals surface area contributed by atoms with Gasteiger partial charge >= 0.3 is 5.97 Å². The molecule has 14 heteroatoms. The molecule has 0 radical (unpaired) electrons. The third-order valence-corrected chi connectivity index (χ3v) is 11.8. The van der Waals surface area contributed by atoms with Gasteiger partial charge in [-0.2, -0.15) is 0 Å². The number of benzene rings is 1. The van der Waals surface area contributed by atoms with Crippen LogP contribution in [0.15, 0.2) is 59.8 Å². The van der Waals surface area contributed by atoms with Crippen LogP contribution >= 0.6 is 0 Å². The fourth-order valence-electron chi connectivity index (χ4n) is 7.90. The van der Waals surface area contributed by atoms with E-state index in [1.807, 2.05) is 6.92 Å². The second kappa shape index (κ2) is 10.1. The monoisotopic (exact) mass is 643 g/mol. The number of aromatic nitrogens is 5. The average Bonchev–Trinajstić information content (AvgIpc) is 3.62. The lowest BCUT2D eigenvalue weighted by molar-refractivity contribution is -0.148. The summed E-state index contributed by atoms with van der Waals surface area (Å²) in [6.07, 6.45) is 5.07. The fourth-order valence-corrected chi connectivity index (χ4v) is 9.23. The number of hydrogen-bond donors (Lipinski definition) is 3. The maximum atomic E-state index is 14.7. The summed E-state index contributed by atoms with van der Waals surface area (Å²) in [6.45, 7) is 1.84. The van der Waals surface area contributed by atoms with Gasteiger partial charge in [-0.15, -0.1) is 5.10 Å². The van der Waals surface area contributed by atoms with Gasteiger partial charge < -0.3 is 15.7 Å². The van der Waals surface area contributed by atoms with Crippen molar-refractivity contribution in [2.75, 3.05) is 12.4 Å². The normalized spacial score (nSPS) is 25.0. The molecule has 46 heavy (non-hydrogen) atoms. The minimum Gasteiger partial charge on any atom is -0.481 e. The average molecular weight is 644 g/mol. The molecule has 4 fully saturated rings. The Morgan fingerprint density at radius 3 is 2.52 bits per heavy atom. The van der Waals surface area contributed by atoms with Crippen LogP contribution in [0.25, 0.3) is 27.9 Å². The Balaban J connectivity index is 1.32. The van der Waals surface area contributed by atoms with Crippen LogP contribution in [-0.2, 0) is 14.8 Å². The molecule has 9 rings (SSSR count). The predicted molar refractivity (Wildman–Crippen MR) is 165 cm³/mol. The first-order valence-corrected chi connectivity index (χ1v) is 16.6. The zero-order valence-corrected chi connectivity index (χ0v) is 25.7. The Hall–Kier alpha value is -4.85. The first-order chi connectivity index (χ1) is 22.1. The Morgan fingerprint density at radius 1 is 1.04 bits per heavy atom. The molecule has 2 unspecified atom stereocenters. The fraction of sp³-hybridized carbons (Fsp3) is 0.344. The van der Waals surface area contributed by atoms with Crippen molar-refractivity contribution in [3.05, 3.63) is 71.9 Å². The number of pyridine rings is 1. The number of carboxylic acids is 1. The number of fused-ring (bicyclic) bond motifs is 4. The van der Waals surface area contributed by atoms with Crippen molar-refractivity contribution in [3.8, 4) is 11.4 Å². The number of nitrogens with zero attached hydrogens (tertiary/aromatic N) is 5. The molecule has 0 aliphatic heterocycles. The number of carbonyl (C=O) groups excluding carboxylic acids is 1. The number of rotatable bonds is 7. The molecule has 4 aromatic heterocycles. The first-order valence-electron chi connectivity index (χ1n) is 15.2. The van der Waals surface area contributed by atoms with Gasteiger partial charge in [0.15, 0.2) is 17.3 Å². The summed E-state index contributed by atoms with van der Waals surface area (Å²) in [7, 11) is -2.68. The number of amides is 1. The van der Waals surface area contributed by atoms with Crippen molar-refractivity contribution >= 4 is 44.3 Å². The molecule has 3 N–H and O–H groups in total. The van der Waals surface area contributed by atoms with E-state index in [9.17, 15) is 27.5 Å². The van der Waals surface area contributed by atoms with Gasteiger partial charge in [-0.25, -0.2) is 31.3 Å². The minimum atomic E-state index is -4.17. The van der Waals surface area contributed by atoms with Gasteiger partial charge in [-0.05, 0) is 80.2 Å². The van der Waals surface area contributed by atoms with Crippen molar-refractivity contribution in [3.63, 3.8) is 0 Å². The van der Waals surface area contributed by atoms with Crippen molar-refractivity contribution in [2.45, 2.75) is 37.1 Å². The molecule has 0 saturated heterocycles. The summed E-state index contributed by atoms with van der Waals surface area (Å²) in [5.74, 6) is -1.12. The molecule has 4 aliphatic rings. The maximum absolute atomic E-state index is 14.7. The molecule has 5 aromatic rings. The SMILES string of the molecule is CNC(=O)c1ccc2c(N[C@@H]3[C@@H](C(=O)O)[C@H]4CC[C@@H]3C3CC34)nc(-c3cn(S(=O)(=O)c4ccc(C)cc4)c4ncc(F)cc34)nn12. The van der Waals surface area contributed by atoms with E-state index in [1.54, 1.807) is 24.3 Å². The molecular weight excluding hydrogens is 613 g/mol. The first kappa shape index (κ1) is 28.6. The molecule has 0 spiro atoms. The van der Waals surface area contributed by atoms with E-state index in [0.29, 0.717) is 23.2 Å². The third kappa shape index (κ3) is 4.22. The molecule has 4 heterocycles. The van der Waals surface area contributed by atoms with E-state index < -0.39 is 39.7 Å². The minimum absolute atomic E-state index is 0.00347. The van der Waals surface area contributed by atoms with E-state index >= 15 is 0 Å². The highest BCUT2D eigenvalue weighted by molar-refractivity contribution is 7.90. The summed E-state index contributed by atoms with van der Waals surface area (Å²) in [5.41, 5.74) is 1.66. The van der Waals surface area contributed by atoms with Crippen LogP contribution in [0.4, 0.5) is 10.2 Å². The van der Waals surface area contributed by atoms with Gasteiger partial charge in [0.1, 0.15) is 17.0 Å². The number of anilines is 1. The molecule has 4 aliphatic carbocycles. The standard InChI is InChI=1S/C32H30FN7O5S/c1-15-3-5-17(6-4-15)46(44,45)39-14-23(22-11-16(33)13-35-30(22)39)28-37-29(24-9-10-25(31(41)34-2)40(24)38-28)36-27-19-8-7-18(20-12-21(19)20)26(27)32(42)43/h3-6,9-11,13-14,18-21,26-27H,7-8,12H2,1-2H3,(H,34,41)(H,42,43)(H,36,37,38)/t18-,19+,20?,21?,26-,27-/m0/s1. The van der Waals surface area contributed by atoms with Gasteiger partial charge in [0.2, 0.25) is 0 Å². The number of halogens is 1. The topological polar surface area (TPSA) is 161 Å². The van der Waals surface area contributed by atoms with Crippen LogP contribution < -0.4 is 10.6 Å². The molecule has 6 atom stereocenters. The predicted octanol–water partition coefficient (Wildman–Crippen LogP) is 3.95. The molecule has 1 amide bonds. The Labute approximate surface area is 262 Å². The molecule has 236 valence electrons. The molecule has 1 aromatic carbocycles. The van der Waals surface area contributed by atoms with Gasteiger partial charge in [-0.1, -0.05) is 17.7 Å². The second-order valence-electron chi connectivity index (χ2n) is 12.6. The van der Waals surface area contributed by atoms with Crippen LogP contribution in [0.5, 0.6) is 0 Å². The van der Waals surface area contributed by atoms with Crippen LogP contribution in [0.1, 0.15) is 35.3 Å². The summed E-state index contributed by atoms with van der Waals surface area (Å²) in [5, 5.41) is 21.1. The van der Waals surface area contributed by atoms with Crippen LogP contribution in [0.3, 0.4) is 0 Å². The number of carboxylic acid groups (broad SMARTS) is 1. The number of nitrogens with one attached hydrogen (secondary N) is 2. The van der Waals surface area contributed by atoms with Gasteiger partial charge in [-0.3, -0.25) is 9.59 Å². The maximum Gasteiger partial charge on any atom is 0.308 e. The Bertz CT molecular complexity index is 2200. The highest BCUT2D eigenvalue weighted by Gasteiger charge is 2.63. The van der Waals surface area contributed by atoms with E-state index in [0.717, 1.165) is 35.0 Å². The lowest BCUT2D eigenvalue weighted by Gasteiger charge is -2.46. The van der Waals surface area contributed by atoms with Crippen molar-refractivity contribution in [1.82, 2.24) is 28.9 Å². The number of hydrogen-bond acceptors (Lipinski definition) is 8. The van der Waals surface area contributed by atoms with Gasteiger partial charge in [0.05, 0.1) is 17.0 Å². The zero-order valence-electron chi connectivity index (χ0n) is 24.9. The van der Waals surface area contributed by atoms with Crippen LogP contribution in [-0.4, -0.2) is 62.0 Å². The second-order valence-corrected chi connectivity index (χ2v) is 14.4. The molecular formula is C32H30FN7O5S. The van der Waals surface area contributed by atoms with Crippen molar-refractivity contribution in [1.29, 1.82) is 0 Å². The third-order valence-electron chi connectivity index (χ3n) is 10.1. The highest BCUT2D eigenvalue weighted by Crippen LogP contribution is 2.64. The lowest BCUT2D eigenvalue weighted by Crippen LogP contribution is -2.52. The zero-order chi connectivity index (χ0) is 32.1. The molecule has 12 nitrogen and oxygen atoms in total. The summed E-state index contributed by atoms with van der Waals surface area (Å²) >= 11 is 0. The molecule has 2 bridgehead atoms. The van der Waals surface area contributed by atoms with Crippen molar-refractivity contribution < 1.29 is 27.5 Å². The largest absolute Gasteiger partial charge is 0.481 e. The van der Waals surface area contributed by atoms with E-state index in [4.69, 9.17) is 4.98 Å². The lowest BCUT2D eigenvalue weighted by atomic mass is 9.61. The van der Waals surface area contributed by atoms with E-state index in [1.165, 1.54) is 36.0 Å². The van der Waals surface area contributed by atoms with E-state index in [-0.39, 0.29) is 44.8 Å². The summed E-state index contributed by atoms with van der Waals surface area (Å²) in [6, 6.07) is 10.4. The van der Waals surface area contributed by atoms with Crippen LogP contribution in [0, 0.1) is 42.3 Å². The number of carbonyl (C=O) groups is 2. The van der Waals surface area contributed by atoms with Crippen molar-refractivity contribution in [2.24, 2.45) is 29.6 Å². The van der Waals surface area contributed by atoms with Gasteiger partial charge in [0, 0.05) is 30.2 Å². The van der Waals surface area contributed by atoms with Gasteiger partial charge in [0.25, 0.3) is 15.9 Å². The Kier molecular flexibility index (Phi) is 6.27. The quantitative estimate of drug-likeness (QED) is 0.239. The number of aryl methyl sites for hydroxylation is 1. The van der Waals surface area contributed by atoms with Crippen LogP contribution in [0.2, 0.25) is 0 Å². The summed E-state index contributed by atoms with van der Waals surface area (Å²) in [4.78, 5) is 34.4. The Morgan fingerprint density at radius 2 is 1.78 bits per heavy atom. The van der Waals surface area contributed by atoms with E-state index in [2.05, 4.69) is 20.7 Å². The highest BCUT2D eigenvalue weighted by atomic mass is 32.2. The summed E-state index contributed by atoms with van der Waals surface area (Å²) < 4.78 is 44.7.